The Balaban J connectivity index is 1.55. The summed E-state index contributed by atoms with van der Waals surface area (Å²) < 4.78 is 19.5. The lowest BCUT2D eigenvalue weighted by Gasteiger charge is -2.60. The lowest BCUT2D eigenvalue weighted by molar-refractivity contribution is -0.0694. The van der Waals surface area contributed by atoms with E-state index in [1.54, 1.807) is 13.2 Å². The molecule has 3 aliphatic rings. The molecule has 3 nitrogen and oxygen atoms in total. The van der Waals surface area contributed by atoms with Gasteiger partial charge in [-0.1, -0.05) is 6.07 Å². The van der Waals surface area contributed by atoms with Crippen LogP contribution >= 0.6 is 0 Å². The van der Waals surface area contributed by atoms with Gasteiger partial charge in [0.1, 0.15) is 5.82 Å². The van der Waals surface area contributed by atoms with Crippen LogP contribution in [0.3, 0.4) is 0 Å². The van der Waals surface area contributed by atoms with Crippen LogP contribution in [0.5, 0.6) is 0 Å². The predicted octanol–water partition coefficient (Wildman–Crippen LogP) is 2.08. The third-order valence-corrected chi connectivity index (χ3v) is 5.71. The van der Waals surface area contributed by atoms with Gasteiger partial charge in [0.05, 0.1) is 6.61 Å². The van der Waals surface area contributed by atoms with Gasteiger partial charge in [-0.25, -0.2) is 4.39 Å². The van der Waals surface area contributed by atoms with E-state index in [1.807, 2.05) is 0 Å². The van der Waals surface area contributed by atoms with Crippen LogP contribution in [0.25, 0.3) is 0 Å². The minimum Gasteiger partial charge on any atom is -0.380 e. The summed E-state index contributed by atoms with van der Waals surface area (Å²) >= 11 is 0. The first kappa shape index (κ1) is 13.7. The summed E-state index contributed by atoms with van der Waals surface area (Å²) in [6, 6.07) is 4.43. The van der Waals surface area contributed by atoms with Crippen molar-refractivity contribution in [3.8, 4) is 0 Å². The fourth-order valence-electron chi connectivity index (χ4n) is 4.33. The fraction of sp³-hybridized carbons (Fsp3) is 0.647. The second kappa shape index (κ2) is 5.04. The Bertz CT molecular complexity index is 550. The van der Waals surface area contributed by atoms with Gasteiger partial charge in [-0.3, -0.25) is 4.90 Å². The van der Waals surface area contributed by atoms with Crippen LogP contribution in [0.4, 0.5) is 4.39 Å². The summed E-state index contributed by atoms with van der Waals surface area (Å²) in [4.78, 5) is 2.52. The number of rotatable bonds is 3. The maximum absolute atomic E-state index is 14.4. The highest BCUT2D eigenvalue weighted by Gasteiger charge is 2.53. The summed E-state index contributed by atoms with van der Waals surface area (Å²) in [7, 11) is 1.65. The summed E-state index contributed by atoms with van der Waals surface area (Å²) in [5.74, 6) is -0.0515. The Morgan fingerprint density at radius 2 is 2.29 bits per heavy atom. The van der Waals surface area contributed by atoms with Crippen LogP contribution in [0.15, 0.2) is 12.1 Å². The Morgan fingerprint density at radius 1 is 1.43 bits per heavy atom. The van der Waals surface area contributed by atoms with Crippen molar-refractivity contribution >= 4 is 0 Å². The molecule has 1 unspecified atom stereocenters. The third kappa shape index (κ3) is 2.12. The molecule has 1 saturated carbocycles. The van der Waals surface area contributed by atoms with Crippen LogP contribution in [0, 0.1) is 11.2 Å². The highest BCUT2D eigenvalue weighted by atomic mass is 19.1. The number of nitrogens with one attached hydrogen (secondary N) is 1. The van der Waals surface area contributed by atoms with Crippen LogP contribution in [0.2, 0.25) is 0 Å². The summed E-state index contributed by atoms with van der Waals surface area (Å²) in [5.41, 5.74) is 3.55. The molecule has 114 valence electrons. The number of nitrogens with zero attached hydrogens (tertiary/aromatic N) is 1. The van der Waals surface area contributed by atoms with Gasteiger partial charge in [-0.05, 0) is 36.5 Å². The molecule has 1 saturated heterocycles. The summed E-state index contributed by atoms with van der Waals surface area (Å²) in [5, 5.41) is 3.41. The first-order chi connectivity index (χ1) is 10.2. The predicted molar refractivity (Wildman–Crippen MR) is 79.6 cm³/mol. The minimum atomic E-state index is -0.0515. The van der Waals surface area contributed by atoms with Crippen molar-refractivity contribution in [1.82, 2.24) is 10.2 Å². The van der Waals surface area contributed by atoms with Crippen LogP contribution in [0.1, 0.15) is 29.5 Å². The minimum absolute atomic E-state index is 0.0515. The van der Waals surface area contributed by atoms with Crippen molar-refractivity contribution < 1.29 is 9.13 Å². The number of ether oxygens (including phenoxy) is 1. The SMILES string of the molecule is COCc1cc(F)c2c(c1)CCN(C1CCC13CNC3)C2. The average molecular weight is 290 g/mol. The quantitative estimate of drug-likeness (QED) is 0.922. The molecule has 21 heavy (non-hydrogen) atoms. The van der Waals surface area contributed by atoms with Gasteiger partial charge < -0.3 is 10.1 Å². The number of hydrogen-bond donors (Lipinski definition) is 1. The normalized spacial score (nSPS) is 27.0. The van der Waals surface area contributed by atoms with Gasteiger partial charge >= 0.3 is 0 Å². The molecule has 1 aliphatic carbocycles. The first-order valence-corrected chi connectivity index (χ1v) is 7.96. The van der Waals surface area contributed by atoms with Crippen molar-refractivity contribution in [1.29, 1.82) is 0 Å². The van der Waals surface area contributed by atoms with Gasteiger partial charge in [0.25, 0.3) is 0 Å². The van der Waals surface area contributed by atoms with E-state index in [2.05, 4.69) is 16.3 Å². The maximum atomic E-state index is 14.4. The molecule has 0 amide bonds. The molecule has 0 aromatic heterocycles. The summed E-state index contributed by atoms with van der Waals surface area (Å²) in [6.07, 6.45) is 3.58. The number of hydrogen-bond acceptors (Lipinski definition) is 3. The second-order valence-corrected chi connectivity index (χ2v) is 6.89. The van der Waals surface area contributed by atoms with Gasteiger partial charge in [0.15, 0.2) is 0 Å². The zero-order valence-corrected chi connectivity index (χ0v) is 12.6. The Hall–Kier alpha value is -0.970. The molecule has 2 heterocycles. The molecule has 1 aromatic carbocycles. The molecule has 4 heteroatoms. The van der Waals surface area contributed by atoms with E-state index < -0.39 is 0 Å². The van der Waals surface area contributed by atoms with E-state index in [-0.39, 0.29) is 5.82 Å². The van der Waals surface area contributed by atoms with E-state index in [0.29, 0.717) is 18.1 Å². The molecule has 0 radical (unpaired) electrons. The topological polar surface area (TPSA) is 24.5 Å². The van der Waals surface area contributed by atoms with Crippen molar-refractivity contribution in [2.45, 2.75) is 38.5 Å². The van der Waals surface area contributed by atoms with E-state index in [9.17, 15) is 4.39 Å². The molecule has 1 atom stereocenters. The molecule has 2 aliphatic heterocycles. The van der Waals surface area contributed by atoms with Gasteiger partial charge in [0, 0.05) is 50.3 Å². The van der Waals surface area contributed by atoms with Gasteiger partial charge in [0.2, 0.25) is 0 Å². The number of halogens is 1. The molecule has 2 fully saturated rings. The first-order valence-electron chi connectivity index (χ1n) is 7.96. The molecule has 1 N–H and O–H groups in total. The van der Waals surface area contributed by atoms with E-state index in [4.69, 9.17) is 4.74 Å². The van der Waals surface area contributed by atoms with Gasteiger partial charge in [-0.15, -0.1) is 0 Å². The standard InChI is InChI=1S/C17H23FN2O/c1-21-9-12-6-13-3-5-20(8-14(13)15(18)7-12)16-2-4-17(16)10-19-11-17/h6-7,16,19H,2-5,8-11H2,1H3. The molecule has 1 aromatic rings. The lowest BCUT2D eigenvalue weighted by atomic mass is 9.59. The number of fused-ring (bicyclic) bond motifs is 1. The van der Waals surface area contributed by atoms with Crippen LogP contribution in [-0.2, 0) is 24.3 Å². The molecular weight excluding hydrogens is 267 g/mol. The van der Waals surface area contributed by atoms with E-state index in [0.717, 1.165) is 43.7 Å². The number of benzene rings is 1. The Morgan fingerprint density at radius 3 is 2.90 bits per heavy atom. The van der Waals surface area contributed by atoms with Crippen LogP contribution < -0.4 is 5.32 Å². The average Bonchev–Trinajstić information content (AvgIpc) is 2.37. The molecule has 0 bridgehead atoms. The van der Waals surface area contributed by atoms with Crippen molar-refractivity contribution in [2.75, 3.05) is 26.7 Å². The fourth-order valence-corrected chi connectivity index (χ4v) is 4.33. The van der Waals surface area contributed by atoms with Crippen LogP contribution in [-0.4, -0.2) is 37.7 Å². The monoisotopic (exact) mass is 290 g/mol. The second-order valence-electron chi connectivity index (χ2n) is 6.89. The Labute approximate surface area is 125 Å². The molecule has 1 spiro atoms. The Kier molecular flexibility index (Phi) is 3.28. The third-order valence-electron chi connectivity index (χ3n) is 5.71. The van der Waals surface area contributed by atoms with E-state index >= 15 is 0 Å². The highest BCUT2D eigenvalue weighted by molar-refractivity contribution is 5.35. The smallest absolute Gasteiger partial charge is 0.128 e. The van der Waals surface area contributed by atoms with Crippen molar-refractivity contribution in [3.63, 3.8) is 0 Å². The largest absolute Gasteiger partial charge is 0.380 e. The van der Waals surface area contributed by atoms with Crippen molar-refractivity contribution in [3.05, 3.63) is 34.6 Å². The van der Waals surface area contributed by atoms with E-state index in [1.165, 1.54) is 18.4 Å². The molecular formula is C17H23FN2O. The number of methoxy groups -OCH3 is 1. The highest BCUT2D eigenvalue weighted by Crippen LogP contribution is 2.48. The molecule has 4 rings (SSSR count). The van der Waals surface area contributed by atoms with Gasteiger partial charge in [-0.2, -0.15) is 0 Å². The zero-order valence-electron chi connectivity index (χ0n) is 12.6. The lowest BCUT2D eigenvalue weighted by Crippen LogP contribution is -2.69. The maximum Gasteiger partial charge on any atom is 0.128 e. The van der Waals surface area contributed by atoms with Crippen molar-refractivity contribution in [2.24, 2.45) is 5.41 Å². The zero-order chi connectivity index (χ0) is 14.4. The summed E-state index contributed by atoms with van der Waals surface area (Å²) in [6.45, 7) is 4.63.